The third kappa shape index (κ3) is 11.4. The Morgan fingerprint density at radius 3 is 2.18 bits per heavy atom. The van der Waals surface area contributed by atoms with Crippen LogP contribution in [0.4, 0.5) is 13.2 Å². The van der Waals surface area contributed by atoms with E-state index in [0.717, 1.165) is 57.6 Å². The number of esters is 2. The Hall–Kier alpha value is -2.29. The summed E-state index contributed by atoms with van der Waals surface area (Å²) in [6.07, 6.45) is 2.98. The Labute approximate surface area is 194 Å². The molecule has 1 aromatic rings. The van der Waals surface area contributed by atoms with Crippen LogP contribution in [0.2, 0.25) is 0 Å². The molecule has 2 aliphatic rings. The van der Waals surface area contributed by atoms with Crippen molar-refractivity contribution in [3.8, 4) is 11.5 Å². The minimum atomic E-state index is -4.30. The summed E-state index contributed by atoms with van der Waals surface area (Å²) >= 11 is 0. The number of alkyl halides is 3. The van der Waals surface area contributed by atoms with Crippen molar-refractivity contribution in [2.75, 3.05) is 19.8 Å². The van der Waals surface area contributed by atoms with E-state index in [4.69, 9.17) is 9.47 Å². The molecule has 0 saturated carbocycles. The minimum absolute atomic E-state index is 0.0741. The smallest absolute Gasteiger partial charge is 0.419 e. The van der Waals surface area contributed by atoms with Crippen molar-refractivity contribution in [2.45, 2.75) is 84.4 Å². The minimum Gasteiger partial charge on any atom is -0.466 e. The second kappa shape index (κ2) is 15.5. The number of halogens is 3. The number of rotatable bonds is 14. The summed E-state index contributed by atoms with van der Waals surface area (Å²) in [7, 11) is 0. The van der Waals surface area contributed by atoms with Crippen molar-refractivity contribution in [3.63, 3.8) is 0 Å². The standard InChI is InChI=1S/C17H33NO4.C7H3F3O/c1-4-7-14-18-15(17(20)22-6-3)12-10-8-9-11-13-16(19)21-5-2;8-7(9,10)5-2-1-4-3-6(5)11-4/h15,18H,4-14H2,1-3H3;1-3H. The number of carbonyl (C=O) groups excluding carboxylic acids is 2. The van der Waals surface area contributed by atoms with Crippen LogP contribution in [0.25, 0.3) is 0 Å². The molecular formula is C24H36F3NO5. The quantitative estimate of drug-likeness (QED) is 0.266. The molecule has 1 unspecified atom stereocenters. The molecule has 0 spiro atoms. The van der Waals surface area contributed by atoms with E-state index in [-0.39, 0.29) is 23.7 Å². The SMILES string of the molecule is CCCCNC(CCCCCCC(=O)OCC)C(=O)OCC.FC(F)(F)c1ccc2cc1O2. The zero-order valence-corrected chi connectivity index (χ0v) is 19.8. The van der Waals surface area contributed by atoms with Gasteiger partial charge in [0.05, 0.1) is 18.8 Å². The van der Waals surface area contributed by atoms with Crippen LogP contribution in [-0.4, -0.2) is 37.7 Å². The largest absolute Gasteiger partial charge is 0.466 e. The number of hydrogen-bond acceptors (Lipinski definition) is 6. The van der Waals surface area contributed by atoms with Crippen LogP contribution in [0, 0.1) is 0 Å². The van der Waals surface area contributed by atoms with E-state index in [1.54, 1.807) is 0 Å². The molecule has 1 atom stereocenters. The summed E-state index contributed by atoms with van der Waals surface area (Å²) in [5, 5.41) is 3.28. The van der Waals surface area contributed by atoms with E-state index in [9.17, 15) is 22.8 Å². The highest BCUT2D eigenvalue weighted by Gasteiger charge is 2.37. The van der Waals surface area contributed by atoms with Gasteiger partial charge in [-0.25, -0.2) is 0 Å². The van der Waals surface area contributed by atoms with Gasteiger partial charge in [0.2, 0.25) is 0 Å². The number of unbranched alkanes of at least 4 members (excludes halogenated alkanes) is 4. The van der Waals surface area contributed by atoms with E-state index < -0.39 is 11.7 Å². The molecule has 2 heterocycles. The van der Waals surface area contributed by atoms with Gasteiger partial charge in [-0.2, -0.15) is 13.2 Å². The average molecular weight is 476 g/mol. The van der Waals surface area contributed by atoms with Crippen molar-refractivity contribution in [1.82, 2.24) is 5.32 Å². The molecule has 6 nitrogen and oxygen atoms in total. The summed E-state index contributed by atoms with van der Waals surface area (Å²) in [6, 6.07) is 3.49. The fourth-order valence-electron chi connectivity index (χ4n) is 3.16. The number of hydrogen-bond donors (Lipinski definition) is 1. The van der Waals surface area contributed by atoms with Crippen LogP contribution < -0.4 is 10.1 Å². The lowest BCUT2D eigenvalue weighted by Gasteiger charge is -2.20. The molecular weight excluding hydrogens is 439 g/mol. The molecule has 0 aromatic heterocycles. The lowest BCUT2D eigenvalue weighted by atomic mass is 10.1. The van der Waals surface area contributed by atoms with E-state index in [1.807, 2.05) is 13.8 Å². The van der Waals surface area contributed by atoms with E-state index >= 15 is 0 Å². The van der Waals surface area contributed by atoms with E-state index in [0.29, 0.717) is 25.4 Å². The monoisotopic (exact) mass is 475 g/mol. The van der Waals surface area contributed by atoms with Crippen LogP contribution in [-0.2, 0) is 25.2 Å². The summed E-state index contributed by atoms with van der Waals surface area (Å²) < 4.78 is 50.6. The third-order valence-electron chi connectivity index (χ3n) is 4.91. The molecule has 3 rings (SSSR count). The van der Waals surface area contributed by atoms with Crippen molar-refractivity contribution < 1.29 is 37.0 Å². The number of ether oxygens (including phenoxy) is 3. The number of carbonyl (C=O) groups is 2. The molecule has 1 N–H and O–H groups in total. The predicted molar refractivity (Wildman–Crippen MR) is 119 cm³/mol. The normalized spacial score (nSPS) is 12.5. The van der Waals surface area contributed by atoms with Gasteiger partial charge in [-0.3, -0.25) is 9.59 Å². The van der Waals surface area contributed by atoms with Gasteiger partial charge in [0.25, 0.3) is 0 Å². The molecule has 188 valence electrons. The second-order valence-corrected chi connectivity index (χ2v) is 7.63. The topological polar surface area (TPSA) is 73.9 Å². The van der Waals surface area contributed by atoms with E-state index in [1.165, 1.54) is 12.1 Å². The van der Waals surface area contributed by atoms with Gasteiger partial charge >= 0.3 is 18.1 Å². The Kier molecular flexibility index (Phi) is 13.5. The maximum Gasteiger partial charge on any atom is 0.419 e. The highest BCUT2D eigenvalue weighted by Crippen LogP contribution is 2.45. The number of nitrogens with one attached hydrogen (secondary N) is 1. The zero-order valence-electron chi connectivity index (χ0n) is 19.8. The van der Waals surface area contributed by atoms with Gasteiger partial charge in [-0.15, -0.1) is 0 Å². The highest BCUT2D eigenvalue weighted by molar-refractivity contribution is 5.75. The second-order valence-electron chi connectivity index (χ2n) is 7.63. The third-order valence-corrected chi connectivity index (χ3v) is 4.91. The summed E-state index contributed by atoms with van der Waals surface area (Å²) in [5.41, 5.74) is -0.701. The van der Waals surface area contributed by atoms with Crippen molar-refractivity contribution in [1.29, 1.82) is 0 Å². The summed E-state index contributed by atoms with van der Waals surface area (Å²) in [6.45, 7) is 7.50. The van der Waals surface area contributed by atoms with Gasteiger partial charge < -0.3 is 19.5 Å². The maximum atomic E-state index is 12.0. The van der Waals surface area contributed by atoms with Gasteiger partial charge in [-0.05, 0) is 51.8 Å². The fourth-order valence-corrected chi connectivity index (χ4v) is 3.16. The van der Waals surface area contributed by atoms with Crippen LogP contribution in [0.1, 0.15) is 77.7 Å². The first-order valence-electron chi connectivity index (χ1n) is 11.7. The molecule has 2 aliphatic heterocycles. The molecule has 9 heteroatoms. The van der Waals surface area contributed by atoms with Crippen LogP contribution in [0.15, 0.2) is 18.2 Å². The van der Waals surface area contributed by atoms with Gasteiger partial charge in [0, 0.05) is 12.5 Å². The van der Waals surface area contributed by atoms with E-state index in [2.05, 4.69) is 17.0 Å². The molecule has 0 aliphatic carbocycles. The lowest BCUT2D eigenvalue weighted by Crippen LogP contribution is -2.38. The number of benzene rings is 1. The molecule has 0 radical (unpaired) electrons. The van der Waals surface area contributed by atoms with Crippen molar-refractivity contribution in [2.24, 2.45) is 0 Å². The van der Waals surface area contributed by atoms with Crippen LogP contribution in [0.5, 0.6) is 11.5 Å². The molecule has 2 bridgehead atoms. The maximum absolute atomic E-state index is 12.0. The number of fused-ring (bicyclic) bond motifs is 2. The van der Waals surface area contributed by atoms with Crippen LogP contribution in [0.3, 0.4) is 0 Å². The molecule has 0 amide bonds. The Bertz CT molecular complexity index is 721. The van der Waals surface area contributed by atoms with Crippen LogP contribution >= 0.6 is 0 Å². The Balaban J connectivity index is 0.000000405. The lowest BCUT2D eigenvalue weighted by molar-refractivity contribution is -0.146. The molecule has 0 fully saturated rings. The Morgan fingerprint density at radius 2 is 1.67 bits per heavy atom. The first kappa shape index (κ1) is 28.7. The van der Waals surface area contributed by atoms with Gasteiger partial charge in [0.15, 0.2) is 0 Å². The molecule has 1 aromatic carbocycles. The van der Waals surface area contributed by atoms with Gasteiger partial charge in [0.1, 0.15) is 17.5 Å². The first-order valence-corrected chi connectivity index (χ1v) is 11.7. The molecule has 0 saturated heterocycles. The predicted octanol–water partition coefficient (Wildman–Crippen LogP) is 6.02. The fraction of sp³-hybridized carbons (Fsp3) is 0.667. The summed E-state index contributed by atoms with van der Waals surface area (Å²) in [5.74, 6) is 0.154. The van der Waals surface area contributed by atoms with Crippen molar-refractivity contribution >= 4 is 11.9 Å². The summed E-state index contributed by atoms with van der Waals surface area (Å²) in [4.78, 5) is 23.1. The highest BCUT2D eigenvalue weighted by atomic mass is 19.4. The van der Waals surface area contributed by atoms with Gasteiger partial charge in [-0.1, -0.05) is 32.6 Å². The molecule has 33 heavy (non-hydrogen) atoms. The Morgan fingerprint density at radius 1 is 1.00 bits per heavy atom. The van der Waals surface area contributed by atoms with Crippen molar-refractivity contribution in [3.05, 3.63) is 23.8 Å². The zero-order chi connectivity index (χ0) is 24.7. The average Bonchev–Trinajstić information content (AvgIpc) is 2.74. The first-order chi connectivity index (χ1) is 15.7.